The van der Waals surface area contributed by atoms with Crippen molar-refractivity contribution in [3.8, 4) is 11.5 Å². The van der Waals surface area contributed by atoms with Crippen LogP contribution in [0.1, 0.15) is 39.5 Å². The number of carbonyl (C=O) groups excluding carboxylic acids is 1. The molecule has 0 radical (unpaired) electrons. The first-order valence-electron chi connectivity index (χ1n) is 9.80. The second-order valence-corrected chi connectivity index (χ2v) is 7.14. The van der Waals surface area contributed by atoms with Crippen LogP contribution in [-0.2, 0) is 6.61 Å². The van der Waals surface area contributed by atoms with E-state index in [9.17, 15) is 4.79 Å². The number of hydrogen-bond donors (Lipinski definition) is 1. The summed E-state index contributed by atoms with van der Waals surface area (Å²) in [5.74, 6) is 1.01. The Kier molecular flexibility index (Phi) is 6.55. The average molecular weight is 389 g/mol. The van der Waals surface area contributed by atoms with Crippen molar-refractivity contribution in [2.24, 2.45) is 0 Å². The van der Waals surface area contributed by atoms with Gasteiger partial charge in [0.2, 0.25) is 0 Å². The lowest BCUT2D eigenvalue weighted by Gasteiger charge is -2.14. The normalized spacial score (nSPS) is 10.5. The largest absolute Gasteiger partial charge is 0.490 e. The molecule has 1 N–H and O–H groups in total. The molecule has 0 unspecified atom stereocenters. The fraction of sp³-hybridized carbons (Fsp3) is 0.240. The van der Waals surface area contributed by atoms with Gasteiger partial charge < -0.3 is 14.8 Å². The first kappa shape index (κ1) is 20.5. The molecular formula is C25H27NO3. The molecule has 3 aromatic rings. The second kappa shape index (κ2) is 9.28. The molecule has 1 amide bonds. The molecule has 0 fully saturated rings. The summed E-state index contributed by atoms with van der Waals surface area (Å²) in [4.78, 5) is 12.7. The van der Waals surface area contributed by atoms with E-state index in [4.69, 9.17) is 9.47 Å². The van der Waals surface area contributed by atoms with Crippen molar-refractivity contribution in [1.82, 2.24) is 0 Å². The minimum absolute atomic E-state index is 0.176. The summed E-state index contributed by atoms with van der Waals surface area (Å²) in [6.07, 6.45) is 0. The van der Waals surface area contributed by atoms with Crippen molar-refractivity contribution < 1.29 is 14.3 Å². The molecule has 0 aliphatic rings. The Balaban J connectivity index is 1.76. The Morgan fingerprint density at radius 2 is 1.55 bits per heavy atom. The third-order valence-electron chi connectivity index (χ3n) is 4.66. The second-order valence-electron chi connectivity index (χ2n) is 7.14. The predicted molar refractivity (Wildman–Crippen MR) is 117 cm³/mol. The van der Waals surface area contributed by atoms with Gasteiger partial charge in [0.1, 0.15) is 6.61 Å². The molecule has 0 heterocycles. The van der Waals surface area contributed by atoms with Gasteiger partial charge in [-0.05, 0) is 68.7 Å². The number of ether oxygens (including phenoxy) is 2. The maximum absolute atomic E-state index is 12.7. The number of amides is 1. The molecule has 150 valence electrons. The zero-order valence-electron chi connectivity index (χ0n) is 17.4. The van der Waals surface area contributed by atoms with E-state index in [1.165, 1.54) is 5.56 Å². The van der Waals surface area contributed by atoms with E-state index >= 15 is 0 Å². The highest BCUT2D eigenvalue weighted by Gasteiger charge is 2.13. The lowest BCUT2D eigenvalue weighted by atomic mass is 10.1. The van der Waals surface area contributed by atoms with E-state index in [0.717, 1.165) is 22.4 Å². The predicted octanol–water partition coefficient (Wildman–Crippen LogP) is 5.84. The summed E-state index contributed by atoms with van der Waals surface area (Å²) in [6.45, 7) is 8.87. The van der Waals surface area contributed by atoms with Crippen LogP contribution in [0.4, 0.5) is 5.69 Å². The molecule has 0 bridgehead atoms. The highest BCUT2D eigenvalue weighted by molar-refractivity contribution is 6.05. The average Bonchev–Trinajstić information content (AvgIpc) is 2.71. The molecule has 0 saturated heterocycles. The number of rotatable bonds is 7. The van der Waals surface area contributed by atoms with Gasteiger partial charge in [0, 0.05) is 11.3 Å². The lowest BCUT2D eigenvalue weighted by Crippen LogP contribution is -2.13. The minimum Gasteiger partial charge on any atom is -0.490 e. The van der Waals surface area contributed by atoms with E-state index < -0.39 is 0 Å². The van der Waals surface area contributed by atoms with Crippen LogP contribution < -0.4 is 14.8 Å². The van der Waals surface area contributed by atoms with Crippen molar-refractivity contribution in [2.45, 2.75) is 34.3 Å². The molecule has 0 atom stereocenters. The van der Waals surface area contributed by atoms with Crippen LogP contribution in [0.5, 0.6) is 11.5 Å². The van der Waals surface area contributed by atoms with Gasteiger partial charge in [-0.2, -0.15) is 0 Å². The first-order valence-corrected chi connectivity index (χ1v) is 9.80. The number of carbonyl (C=O) groups is 1. The van der Waals surface area contributed by atoms with Gasteiger partial charge in [0.15, 0.2) is 11.5 Å². The van der Waals surface area contributed by atoms with Crippen LogP contribution in [0.25, 0.3) is 0 Å². The van der Waals surface area contributed by atoms with Gasteiger partial charge in [0.05, 0.1) is 6.61 Å². The Hall–Kier alpha value is -3.27. The topological polar surface area (TPSA) is 47.6 Å². The lowest BCUT2D eigenvalue weighted by molar-refractivity contribution is 0.102. The highest BCUT2D eigenvalue weighted by atomic mass is 16.5. The van der Waals surface area contributed by atoms with Crippen molar-refractivity contribution in [2.75, 3.05) is 11.9 Å². The van der Waals surface area contributed by atoms with Gasteiger partial charge in [-0.25, -0.2) is 0 Å². The molecule has 0 saturated carbocycles. The summed E-state index contributed by atoms with van der Waals surface area (Å²) in [6, 6.07) is 19.5. The van der Waals surface area contributed by atoms with Gasteiger partial charge >= 0.3 is 0 Å². The Bertz CT molecular complexity index is 993. The van der Waals surface area contributed by atoms with Crippen LogP contribution in [-0.4, -0.2) is 12.5 Å². The maximum atomic E-state index is 12.7. The Labute approximate surface area is 172 Å². The van der Waals surface area contributed by atoms with Crippen LogP contribution in [0.15, 0.2) is 60.7 Å². The fourth-order valence-corrected chi connectivity index (χ4v) is 2.95. The van der Waals surface area contributed by atoms with Gasteiger partial charge in [-0.15, -0.1) is 0 Å². The summed E-state index contributed by atoms with van der Waals surface area (Å²) in [7, 11) is 0. The molecule has 29 heavy (non-hydrogen) atoms. The fourth-order valence-electron chi connectivity index (χ4n) is 2.95. The molecule has 0 aromatic heterocycles. The molecular weight excluding hydrogens is 362 g/mol. The third-order valence-corrected chi connectivity index (χ3v) is 4.66. The van der Waals surface area contributed by atoms with Gasteiger partial charge in [-0.1, -0.05) is 42.0 Å². The van der Waals surface area contributed by atoms with Gasteiger partial charge in [-0.3, -0.25) is 4.79 Å². The smallest absolute Gasteiger partial charge is 0.255 e. The van der Waals surface area contributed by atoms with E-state index in [2.05, 4.69) is 24.4 Å². The number of hydrogen-bond acceptors (Lipinski definition) is 3. The molecule has 0 aliphatic heterocycles. The van der Waals surface area contributed by atoms with Crippen molar-refractivity contribution in [3.05, 3.63) is 88.5 Å². The standard InChI is InChI=1S/C25H27NO3/c1-5-28-24-15-21(25(27)26-22-14-18(3)6-9-19(22)4)12-13-23(24)29-16-20-10-7-17(2)8-11-20/h6-15H,5,16H2,1-4H3,(H,26,27). The van der Waals surface area contributed by atoms with Crippen LogP contribution in [0.3, 0.4) is 0 Å². The van der Waals surface area contributed by atoms with E-state index in [-0.39, 0.29) is 5.91 Å². The monoisotopic (exact) mass is 389 g/mol. The number of aryl methyl sites for hydroxylation is 3. The van der Waals surface area contributed by atoms with Crippen molar-refractivity contribution >= 4 is 11.6 Å². The van der Waals surface area contributed by atoms with Gasteiger partial charge in [0.25, 0.3) is 5.91 Å². The third kappa shape index (κ3) is 5.38. The molecule has 3 rings (SSSR count). The van der Waals surface area contributed by atoms with Crippen LogP contribution >= 0.6 is 0 Å². The quantitative estimate of drug-likeness (QED) is 0.552. The minimum atomic E-state index is -0.176. The number of anilines is 1. The first-order chi connectivity index (χ1) is 14.0. The zero-order chi connectivity index (χ0) is 20.8. The highest BCUT2D eigenvalue weighted by Crippen LogP contribution is 2.30. The van der Waals surface area contributed by atoms with E-state index in [0.29, 0.717) is 30.3 Å². The number of benzene rings is 3. The molecule has 4 nitrogen and oxygen atoms in total. The Morgan fingerprint density at radius 1 is 0.828 bits per heavy atom. The Morgan fingerprint density at radius 3 is 2.28 bits per heavy atom. The molecule has 4 heteroatoms. The summed E-state index contributed by atoms with van der Waals surface area (Å²) in [5.41, 5.74) is 5.75. The maximum Gasteiger partial charge on any atom is 0.255 e. The summed E-state index contributed by atoms with van der Waals surface area (Å²) < 4.78 is 11.7. The molecule has 0 aliphatic carbocycles. The molecule has 0 spiro atoms. The summed E-state index contributed by atoms with van der Waals surface area (Å²) >= 11 is 0. The zero-order valence-corrected chi connectivity index (χ0v) is 17.4. The van der Waals surface area contributed by atoms with Crippen molar-refractivity contribution in [3.63, 3.8) is 0 Å². The summed E-state index contributed by atoms with van der Waals surface area (Å²) in [5, 5.41) is 2.98. The van der Waals surface area contributed by atoms with E-state index in [1.54, 1.807) is 18.2 Å². The van der Waals surface area contributed by atoms with E-state index in [1.807, 2.05) is 51.1 Å². The molecule has 3 aromatic carbocycles. The van der Waals surface area contributed by atoms with Crippen LogP contribution in [0.2, 0.25) is 0 Å². The van der Waals surface area contributed by atoms with Crippen molar-refractivity contribution in [1.29, 1.82) is 0 Å². The SMILES string of the molecule is CCOc1cc(C(=O)Nc2cc(C)ccc2C)ccc1OCc1ccc(C)cc1. The number of nitrogens with one attached hydrogen (secondary N) is 1. The van der Waals surface area contributed by atoms with Crippen LogP contribution in [0, 0.1) is 20.8 Å².